The van der Waals surface area contributed by atoms with Crippen molar-refractivity contribution in [3.63, 3.8) is 0 Å². The minimum atomic E-state index is -0.345. The van der Waals surface area contributed by atoms with E-state index < -0.39 is 0 Å². The van der Waals surface area contributed by atoms with Gasteiger partial charge < -0.3 is 33.3 Å². The molecule has 2 aromatic heterocycles. The summed E-state index contributed by atoms with van der Waals surface area (Å²) < 4.78 is 28.4. The normalized spacial score (nSPS) is 16.5. The minimum absolute atomic E-state index is 0.124. The van der Waals surface area contributed by atoms with E-state index in [0.717, 1.165) is 16.7 Å². The molecule has 1 atom stereocenters. The Bertz CT molecular complexity index is 1720. The second-order valence-corrected chi connectivity index (χ2v) is 11.6. The molecule has 4 aromatic rings. The van der Waals surface area contributed by atoms with Crippen LogP contribution >= 0.6 is 0 Å². The monoisotopic (exact) mass is 626 g/mol. The van der Waals surface area contributed by atoms with Crippen molar-refractivity contribution in [3.8, 4) is 23.3 Å². The SMILES string of the molecule is COc1ccc(C(=O)N2CCCOc3cccc(c3)C3c4ccc(cc4CCN3C(=O)c3cc(C(C)C)on3)OCC2)c(OC)n1. The van der Waals surface area contributed by atoms with Crippen molar-refractivity contribution in [1.29, 1.82) is 0 Å². The number of ether oxygens (including phenoxy) is 4. The van der Waals surface area contributed by atoms with Crippen LogP contribution in [0.25, 0.3) is 0 Å². The molecule has 0 aliphatic carbocycles. The molecule has 2 amide bonds. The molecule has 5 heterocycles. The molecule has 3 aliphatic rings. The number of methoxy groups -OCH3 is 2. The molecule has 0 saturated carbocycles. The highest BCUT2D eigenvalue weighted by Crippen LogP contribution is 2.39. The van der Waals surface area contributed by atoms with Crippen molar-refractivity contribution in [3.05, 3.63) is 94.4 Å². The predicted octanol–water partition coefficient (Wildman–Crippen LogP) is 5.30. The van der Waals surface area contributed by atoms with E-state index in [1.54, 1.807) is 23.1 Å². The zero-order valence-electron chi connectivity index (χ0n) is 26.5. The van der Waals surface area contributed by atoms with E-state index >= 15 is 0 Å². The molecule has 240 valence electrons. The Hall–Kier alpha value is -5.06. The summed E-state index contributed by atoms with van der Waals surface area (Å²) in [4.78, 5) is 35.4. The summed E-state index contributed by atoms with van der Waals surface area (Å²) in [5.74, 6) is 2.36. The molecular weight excluding hydrogens is 588 g/mol. The Morgan fingerprint density at radius 2 is 1.72 bits per heavy atom. The summed E-state index contributed by atoms with van der Waals surface area (Å²) in [7, 11) is 2.99. The standard InChI is InChI=1S/C35H38N4O7/c1-22(2)30-21-29(37-46-30)35(41)39-15-13-23-19-26-9-10-27(23)32(39)24-7-5-8-25(20-24)44-17-6-14-38(16-18-45-26)34(40)28-11-12-31(42-3)36-33(28)43-4/h5,7-12,19-22,32H,6,13-18H2,1-4H3. The van der Waals surface area contributed by atoms with Gasteiger partial charge in [-0.1, -0.05) is 37.2 Å². The molecule has 1 unspecified atom stereocenters. The van der Waals surface area contributed by atoms with Crippen molar-refractivity contribution >= 4 is 11.8 Å². The van der Waals surface area contributed by atoms with Gasteiger partial charge in [-0.2, -0.15) is 4.98 Å². The Kier molecular flexibility index (Phi) is 9.09. The number of carbonyl (C=O) groups excluding carboxylic acids is 2. The van der Waals surface area contributed by atoms with E-state index in [-0.39, 0.29) is 36.3 Å². The van der Waals surface area contributed by atoms with E-state index in [1.807, 2.05) is 61.2 Å². The van der Waals surface area contributed by atoms with Gasteiger partial charge in [0.2, 0.25) is 11.8 Å². The van der Waals surface area contributed by atoms with Gasteiger partial charge in [-0.25, -0.2) is 0 Å². The molecule has 2 aromatic carbocycles. The highest BCUT2D eigenvalue weighted by atomic mass is 16.5. The summed E-state index contributed by atoms with van der Waals surface area (Å²) >= 11 is 0. The molecule has 7 rings (SSSR count). The number of amides is 2. The lowest BCUT2D eigenvalue weighted by molar-refractivity contribution is 0.0679. The Balaban J connectivity index is 1.30. The highest BCUT2D eigenvalue weighted by Gasteiger charge is 2.34. The van der Waals surface area contributed by atoms with Gasteiger partial charge in [-0.05, 0) is 59.9 Å². The first-order valence-electron chi connectivity index (χ1n) is 15.5. The summed E-state index contributed by atoms with van der Waals surface area (Å²) in [5.41, 5.74) is 3.68. The molecule has 11 heteroatoms. The Morgan fingerprint density at radius 3 is 2.50 bits per heavy atom. The topological polar surface area (TPSA) is 116 Å². The van der Waals surface area contributed by atoms with E-state index in [4.69, 9.17) is 23.5 Å². The van der Waals surface area contributed by atoms with Crippen LogP contribution in [0.3, 0.4) is 0 Å². The lowest BCUT2D eigenvalue weighted by atomic mass is 9.87. The third-order valence-electron chi connectivity index (χ3n) is 8.32. The van der Waals surface area contributed by atoms with Crippen molar-refractivity contribution < 1.29 is 33.1 Å². The molecule has 3 aliphatic heterocycles. The molecule has 0 saturated heterocycles. The fourth-order valence-corrected chi connectivity index (χ4v) is 5.91. The van der Waals surface area contributed by atoms with Crippen LogP contribution in [0.2, 0.25) is 0 Å². The Labute approximate surface area is 268 Å². The average Bonchev–Trinajstić information content (AvgIpc) is 3.58. The van der Waals surface area contributed by atoms with Crippen LogP contribution < -0.4 is 18.9 Å². The first-order chi connectivity index (χ1) is 22.4. The Morgan fingerprint density at radius 1 is 0.891 bits per heavy atom. The summed E-state index contributed by atoms with van der Waals surface area (Å²) in [6.07, 6.45) is 1.23. The summed E-state index contributed by atoms with van der Waals surface area (Å²) in [6, 6.07) is 18.5. The van der Waals surface area contributed by atoms with Crippen molar-refractivity contribution in [2.75, 3.05) is 47.1 Å². The largest absolute Gasteiger partial charge is 0.494 e. The van der Waals surface area contributed by atoms with Crippen LogP contribution in [0.5, 0.6) is 23.3 Å². The van der Waals surface area contributed by atoms with Gasteiger partial charge in [-0.15, -0.1) is 0 Å². The number of fused-ring (bicyclic) bond motifs is 8. The number of hydrogen-bond acceptors (Lipinski definition) is 9. The van der Waals surface area contributed by atoms with Crippen molar-refractivity contribution in [2.24, 2.45) is 0 Å². The first-order valence-corrected chi connectivity index (χ1v) is 15.5. The molecule has 0 radical (unpaired) electrons. The molecule has 0 N–H and O–H groups in total. The number of hydrogen-bond donors (Lipinski definition) is 0. The molecule has 6 bridgehead atoms. The van der Waals surface area contributed by atoms with Crippen molar-refractivity contribution in [2.45, 2.75) is 38.6 Å². The van der Waals surface area contributed by atoms with Gasteiger partial charge >= 0.3 is 0 Å². The molecule has 0 fully saturated rings. The van der Waals surface area contributed by atoms with Gasteiger partial charge in [0.05, 0.1) is 33.4 Å². The minimum Gasteiger partial charge on any atom is -0.494 e. The van der Waals surface area contributed by atoms with Crippen LogP contribution in [0, 0.1) is 0 Å². The van der Waals surface area contributed by atoms with Crippen LogP contribution in [0.15, 0.2) is 65.2 Å². The van der Waals surface area contributed by atoms with Gasteiger partial charge in [0.25, 0.3) is 11.8 Å². The summed E-state index contributed by atoms with van der Waals surface area (Å²) in [5, 5.41) is 4.11. The fourth-order valence-electron chi connectivity index (χ4n) is 5.91. The van der Waals surface area contributed by atoms with E-state index in [0.29, 0.717) is 73.5 Å². The van der Waals surface area contributed by atoms with E-state index in [9.17, 15) is 9.59 Å². The lowest BCUT2D eigenvalue weighted by Crippen LogP contribution is -2.40. The van der Waals surface area contributed by atoms with Gasteiger partial charge in [0.1, 0.15) is 29.4 Å². The van der Waals surface area contributed by atoms with Gasteiger partial charge in [0, 0.05) is 31.1 Å². The average molecular weight is 627 g/mol. The zero-order valence-corrected chi connectivity index (χ0v) is 26.5. The maximum absolute atomic E-state index is 13.9. The third-order valence-corrected chi connectivity index (χ3v) is 8.32. The molecular formula is C35H38N4O7. The van der Waals surface area contributed by atoms with Crippen LogP contribution in [0.4, 0.5) is 0 Å². The quantitative estimate of drug-likeness (QED) is 0.291. The number of rotatable bonds is 5. The molecule has 11 nitrogen and oxygen atoms in total. The highest BCUT2D eigenvalue weighted by molar-refractivity contribution is 5.96. The summed E-state index contributed by atoms with van der Waals surface area (Å²) in [6.45, 7) is 5.95. The maximum Gasteiger partial charge on any atom is 0.276 e. The van der Waals surface area contributed by atoms with E-state index in [1.165, 1.54) is 14.2 Å². The van der Waals surface area contributed by atoms with Crippen LogP contribution in [-0.2, 0) is 6.42 Å². The number of benzene rings is 2. The van der Waals surface area contributed by atoms with Crippen molar-refractivity contribution in [1.82, 2.24) is 19.9 Å². The van der Waals surface area contributed by atoms with Gasteiger partial charge in [0.15, 0.2) is 5.69 Å². The second-order valence-electron chi connectivity index (χ2n) is 11.6. The predicted molar refractivity (Wildman–Crippen MR) is 169 cm³/mol. The van der Waals surface area contributed by atoms with Crippen LogP contribution in [-0.4, -0.2) is 78.8 Å². The number of aromatic nitrogens is 2. The smallest absolute Gasteiger partial charge is 0.276 e. The molecule has 0 spiro atoms. The molecule has 46 heavy (non-hydrogen) atoms. The maximum atomic E-state index is 13.9. The lowest BCUT2D eigenvalue weighted by Gasteiger charge is -2.37. The zero-order chi connectivity index (χ0) is 32.2. The number of carbonyl (C=O) groups is 2. The number of nitrogens with zero attached hydrogens (tertiary/aromatic N) is 4. The number of pyridine rings is 1. The third kappa shape index (κ3) is 6.35. The fraction of sp³-hybridized carbons (Fsp3) is 0.371. The van der Waals surface area contributed by atoms with Gasteiger partial charge in [-0.3, -0.25) is 9.59 Å². The van der Waals surface area contributed by atoms with Crippen LogP contribution in [0.1, 0.15) is 75.5 Å². The second kappa shape index (κ2) is 13.5. The van der Waals surface area contributed by atoms with E-state index in [2.05, 4.69) is 10.1 Å². The first kappa shape index (κ1) is 30.9.